The van der Waals surface area contributed by atoms with Gasteiger partial charge < -0.3 is 4.74 Å². The molecule has 8 heteroatoms. The van der Waals surface area contributed by atoms with Crippen molar-refractivity contribution in [3.05, 3.63) is 12.2 Å². The first-order valence-corrected chi connectivity index (χ1v) is 6.01. The molecule has 2 nitrogen and oxygen atoms in total. The summed E-state index contributed by atoms with van der Waals surface area (Å²) in [5.41, 5.74) is -3.69. The first kappa shape index (κ1) is 16.8. The second-order valence-corrected chi connectivity index (χ2v) is 4.90. The topological polar surface area (TPSA) is 26.3 Å². The van der Waals surface area contributed by atoms with Crippen molar-refractivity contribution in [3.63, 3.8) is 0 Å². The van der Waals surface area contributed by atoms with E-state index in [4.69, 9.17) is 0 Å². The highest BCUT2D eigenvalue weighted by atomic mass is 19.4. The van der Waals surface area contributed by atoms with Gasteiger partial charge >= 0.3 is 18.3 Å². The molecule has 116 valence electrons. The highest BCUT2D eigenvalue weighted by molar-refractivity contribution is 5.89. The molecule has 0 aliphatic heterocycles. The molecule has 0 bridgehead atoms. The Bertz CT molecular complexity index is 376. The molecule has 1 aliphatic rings. The molecule has 20 heavy (non-hydrogen) atoms. The summed E-state index contributed by atoms with van der Waals surface area (Å²) >= 11 is 0. The molecule has 1 rings (SSSR count). The summed E-state index contributed by atoms with van der Waals surface area (Å²) in [6.45, 7) is 2.54. The highest BCUT2D eigenvalue weighted by Gasteiger charge is 2.48. The molecule has 0 atom stereocenters. The number of ether oxygens (including phenoxy) is 1. The molecule has 0 aromatic rings. The monoisotopic (exact) mass is 304 g/mol. The van der Waals surface area contributed by atoms with E-state index in [9.17, 15) is 31.1 Å². The van der Waals surface area contributed by atoms with Crippen LogP contribution in [0.3, 0.4) is 0 Å². The molecular formula is C12H14F6O2. The molecule has 0 spiro atoms. The third kappa shape index (κ3) is 4.72. The Hall–Kier alpha value is -1.21. The van der Waals surface area contributed by atoms with Crippen molar-refractivity contribution in [2.24, 2.45) is 0 Å². The minimum Gasteiger partial charge on any atom is -0.455 e. The van der Waals surface area contributed by atoms with E-state index >= 15 is 0 Å². The van der Waals surface area contributed by atoms with E-state index in [1.54, 1.807) is 0 Å². The lowest BCUT2D eigenvalue weighted by Crippen LogP contribution is -2.42. The summed E-state index contributed by atoms with van der Waals surface area (Å²) in [4.78, 5) is 11.3. The van der Waals surface area contributed by atoms with Gasteiger partial charge in [-0.05, 0) is 25.7 Å². The third-order valence-electron chi connectivity index (χ3n) is 3.19. The molecule has 0 radical (unpaired) electrons. The Morgan fingerprint density at radius 1 is 1.05 bits per heavy atom. The maximum atomic E-state index is 12.5. The normalized spacial score (nSPS) is 19.5. The maximum Gasteiger partial charge on any atom is 0.422 e. The van der Waals surface area contributed by atoms with E-state index in [-0.39, 0.29) is 12.8 Å². The Morgan fingerprint density at radius 2 is 1.55 bits per heavy atom. The van der Waals surface area contributed by atoms with Crippen molar-refractivity contribution in [3.8, 4) is 0 Å². The van der Waals surface area contributed by atoms with Crippen LogP contribution in [0.2, 0.25) is 0 Å². The van der Waals surface area contributed by atoms with Crippen LogP contribution in [0.25, 0.3) is 0 Å². The standard InChI is InChI=1S/C12H14F6O2/c1-8(12(16,17)18)9(19)20-10(7-11(13,14)15)5-3-2-4-6-10/h1-7H2. The van der Waals surface area contributed by atoms with Crippen molar-refractivity contribution in [2.45, 2.75) is 56.5 Å². The van der Waals surface area contributed by atoms with Crippen LogP contribution >= 0.6 is 0 Å². The minimum absolute atomic E-state index is 0.0939. The number of carbonyl (C=O) groups excluding carboxylic acids is 1. The van der Waals surface area contributed by atoms with Crippen molar-refractivity contribution < 1.29 is 35.9 Å². The van der Waals surface area contributed by atoms with Gasteiger partial charge in [0, 0.05) is 0 Å². The fraction of sp³-hybridized carbons (Fsp3) is 0.750. The molecule has 1 aliphatic carbocycles. The zero-order chi connectivity index (χ0) is 15.6. The van der Waals surface area contributed by atoms with E-state index in [1.807, 2.05) is 0 Å². The summed E-state index contributed by atoms with van der Waals surface area (Å²) in [6.07, 6.45) is -9.83. The predicted molar refractivity (Wildman–Crippen MR) is 57.8 cm³/mol. The molecular weight excluding hydrogens is 290 g/mol. The maximum absolute atomic E-state index is 12.5. The number of esters is 1. The highest BCUT2D eigenvalue weighted by Crippen LogP contribution is 2.41. The molecule has 1 saturated carbocycles. The van der Waals surface area contributed by atoms with Crippen LogP contribution in [-0.2, 0) is 9.53 Å². The summed E-state index contributed by atoms with van der Waals surface area (Å²) < 4.78 is 79.0. The molecule has 0 unspecified atom stereocenters. The van der Waals surface area contributed by atoms with Gasteiger partial charge in [-0.1, -0.05) is 13.0 Å². The van der Waals surface area contributed by atoms with E-state index in [0.717, 1.165) is 0 Å². The van der Waals surface area contributed by atoms with E-state index < -0.39 is 35.9 Å². The Balaban J connectivity index is 2.85. The molecule has 0 saturated heterocycles. The van der Waals surface area contributed by atoms with Crippen molar-refractivity contribution >= 4 is 5.97 Å². The van der Waals surface area contributed by atoms with Crippen LogP contribution in [0.1, 0.15) is 38.5 Å². The largest absolute Gasteiger partial charge is 0.455 e. The quantitative estimate of drug-likeness (QED) is 0.441. The van der Waals surface area contributed by atoms with E-state index in [0.29, 0.717) is 19.3 Å². The molecule has 0 aromatic heterocycles. The van der Waals surface area contributed by atoms with Crippen molar-refractivity contribution in [1.29, 1.82) is 0 Å². The average Bonchev–Trinajstić information content (AvgIpc) is 2.25. The van der Waals surface area contributed by atoms with Crippen LogP contribution in [0.15, 0.2) is 12.2 Å². The van der Waals surface area contributed by atoms with Crippen molar-refractivity contribution in [1.82, 2.24) is 0 Å². The minimum atomic E-state index is -5.01. The average molecular weight is 304 g/mol. The number of rotatable bonds is 3. The summed E-state index contributed by atoms with van der Waals surface area (Å²) in [7, 11) is 0. The van der Waals surface area contributed by atoms with Gasteiger partial charge in [0.2, 0.25) is 0 Å². The van der Waals surface area contributed by atoms with Crippen molar-refractivity contribution in [2.75, 3.05) is 0 Å². The van der Waals surface area contributed by atoms with Gasteiger partial charge in [-0.2, -0.15) is 26.3 Å². The third-order valence-corrected chi connectivity index (χ3v) is 3.19. The van der Waals surface area contributed by atoms with Gasteiger partial charge in [-0.3, -0.25) is 0 Å². The summed E-state index contributed by atoms with van der Waals surface area (Å²) in [5.74, 6) is -1.83. The predicted octanol–water partition coefficient (Wildman–Crippen LogP) is 4.30. The zero-order valence-corrected chi connectivity index (χ0v) is 10.5. The Morgan fingerprint density at radius 3 is 1.95 bits per heavy atom. The number of hydrogen-bond acceptors (Lipinski definition) is 2. The molecule has 0 amide bonds. The van der Waals surface area contributed by atoms with Crippen LogP contribution < -0.4 is 0 Å². The molecule has 1 fully saturated rings. The van der Waals surface area contributed by atoms with Crippen LogP contribution in [0.4, 0.5) is 26.3 Å². The van der Waals surface area contributed by atoms with Gasteiger partial charge in [0.1, 0.15) is 11.2 Å². The van der Waals surface area contributed by atoms with E-state index in [1.165, 1.54) is 0 Å². The number of hydrogen-bond donors (Lipinski definition) is 0. The van der Waals surface area contributed by atoms with Gasteiger partial charge in [0.05, 0.1) is 6.42 Å². The smallest absolute Gasteiger partial charge is 0.422 e. The molecule has 0 aromatic carbocycles. The fourth-order valence-corrected chi connectivity index (χ4v) is 2.25. The lowest BCUT2D eigenvalue weighted by atomic mass is 9.82. The lowest BCUT2D eigenvalue weighted by Gasteiger charge is -2.37. The van der Waals surface area contributed by atoms with E-state index in [2.05, 4.69) is 11.3 Å². The Kier molecular flexibility index (Phi) is 4.76. The number of halogens is 6. The van der Waals surface area contributed by atoms with Gasteiger partial charge in [-0.25, -0.2) is 4.79 Å². The first-order valence-electron chi connectivity index (χ1n) is 6.01. The van der Waals surface area contributed by atoms with Gasteiger partial charge in [0.15, 0.2) is 0 Å². The molecule has 0 N–H and O–H groups in total. The lowest BCUT2D eigenvalue weighted by molar-refractivity contribution is -0.202. The van der Waals surface area contributed by atoms with Crippen LogP contribution in [-0.4, -0.2) is 23.9 Å². The molecule has 0 heterocycles. The Labute approximate surface area is 111 Å². The second-order valence-electron chi connectivity index (χ2n) is 4.90. The van der Waals surface area contributed by atoms with Crippen LogP contribution in [0, 0.1) is 0 Å². The summed E-state index contributed by atoms with van der Waals surface area (Å²) in [6, 6.07) is 0. The first-order chi connectivity index (χ1) is 8.95. The van der Waals surface area contributed by atoms with Gasteiger partial charge in [-0.15, -0.1) is 0 Å². The second kappa shape index (κ2) is 5.65. The summed E-state index contributed by atoms with van der Waals surface area (Å²) in [5, 5.41) is 0. The number of carbonyl (C=O) groups is 1. The SMILES string of the molecule is C=C(C(=O)OC1(CC(F)(F)F)CCCCC1)C(F)(F)F. The fourth-order valence-electron chi connectivity index (χ4n) is 2.25. The van der Waals surface area contributed by atoms with Gasteiger partial charge in [0.25, 0.3) is 0 Å². The zero-order valence-electron chi connectivity index (χ0n) is 10.5. The number of alkyl halides is 6. The van der Waals surface area contributed by atoms with Crippen LogP contribution in [0.5, 0.6) is 0 Å².